The molecule has 216 valence electrons. The van der Waals surface area contributed by atoms with Crippen molar-refractivity contribution in [1.82, 2.24) is 10.2 Å². The summed E-state index contributed by atoms with van der Waals surface area (Å²) in [7, 11) is 0. The number of fused-ring (bicyclic) bond motifs is 1. The molecule has 5 aromatic rings. The lowest BCUT2D eigenvalue weighted by atomic mass is 9.94. The number of amides is 2. The van der Waals surface area contributed by atoms with Crippen LogP contribution in [-0.4, -0.2) is 40.9 Å². The molecule has 0 fully saturated rings. The van der Waals surface area contributed by atoms with E-state index in [0.717, 1.165) is 27.5 Å². The molecule has 0 atom stereocenters. The van der Waals surface area contributed by atoms with Gasteiger partial charge >= 0.3 is 5.97 Å². The van der Waals surface area contributed by atoms with E-state index in [9.17, 15) is 19.5 Å². The van der Waals surface area contributed by atoms with Crippen LogP contribution in [0.5, 0.6) is 0 Å². The molecule has 0 aliphatic heterocycles. The molecular formula is C37H34N2O4. The Morgan fingerprint density at radius 2 is 1.33 bits per heavy atom. The predicted molar refractivity (Wildman–Crippen MR) is 170 cm³/mol. The van der Waals surface area contributed by atoms with Crippen molar-refractivity contribution in [3.05, 3.63) is 143 Å². The van der Waals surface area contributed by atoms with E-state index >= 15 is 0 Å². The molecule has 0 saturated heterocycles. The second-order valence-corrected chi connectivity index (χ2v) is 10.6. The normalized spacial score (nSPS) is 10.8. The number of aryl methyl sites for hydroxylation is 1. The minimum atomic E-state index is -0.963. The van der Waals surface area contributed by atoms with Gasteiger partial charge in [0.25, 0.3) is 11.8 Å². The average Bonchev–Trinajstić information content (AvgIpc) is 3.04. The SMILES string of the molecule is Cc1ccc(CCN(CCC(=O)O)C(=O)c2ccccc2-c2ccccc2C(=O)NCc2cccc3ccccc23)cc1. The summed E-state index contributed by atoms with van der Waals surface area (Å²) in [5, 5.41) is 14.6. The minimum absolute atomic E-state index is 0.0848. The third-order valence-electron chi connectivity index (χ3n) is 7.61. The number of aliphatic carboxylic acids is 1. The lowest BCUT2D eigenvalue weighted by Crippen LogP contribution is -2.35. The minimum Gasteiger partial charge on any atom is -0.481 e. The zero-order valence-electron chi connectivity index (χ0n) is 24.1. The molecule has 0 aromatic heterocycles. The lowest BCUT2D eigenvalue weighted by Gasteiger charge is -2.24. The molecule has 0 unspecified atom stereocenters. The van der Waals surface area contributed by atoms with Crippen LogP contribution in [0, 0.1) is 6.92 Å². The zero-order chi connectivity index (χ0) is 30.2. The number of nitrogens with zero attached hydrogens (tertiary/aromatic N) is 1. The number of carbonyl (C=O) groups excluding carboxylic acids is 2. The molecule has 0 bridgehead atoms. The van der Waals surface area contributed by atoms with E-state index in [0.29, 0.717) is 41.8 Å². The Hall–Kier alpha value is -5.23. The maximum atomic E-state index is 14.0. The van der Waals surface area contributed by atoms with E-state index < -0.39 is 5.97 Å². The monoisotopic (exact) mass is 570 g/mol. The standard InChI is InChI=1S/C37H34N2O4/c1-26-17-19-27(20-18-26)21-23-39(24-22-35(40)41)37(43)34-16-7-5-14-32(34)31-13-4-6-15-33(31)36(42)38-25-29-11-8-10-28-9-2-3-12-30(28)29/h2-20H,21-25H2,1H3,(H,38,42)(H,40,41). The van der Waals surface area contributed by atoms with Crippen LogP contribution in [0.25, 0.3) is 21.9 Å². The van der Waals surface area contributed by atoms with Crippen LogP contribution in [0.2, 0.25) is 0 Å². The van der Waals surface area contributed by atoms with Gasteiger partial charge in [0.1, 0.15) is 0 Å². The highest BCUT2D eigenvalue weighted by Crippen LogP contribution is 2.29. The summed E-state index contributed by atoms with van der Waals surface area (Å²) in [6.07, 6.45) is 0.440. The Bertz CT molecular complexity index is 1760. The average molecular weight is 571 g/mol. The van der Waals surface area contributed by atoms with Crippen LogP contribution in [-0.2, 0) is 17.8 Å². The van der Waals surface area contributed by atoms with Crippen molar-refractivity contribution in [3.8, 4) is 11.1 Å². The summed E-state index contributed by atoms with van der Waals surface area (Å²) in [5.41, 5.74) is 5.38. The van der Waals surface area contributed by atoms with Crippen molar-refractivity contribution in [3.63, 3.8) is 0 Å². The first-order valence-electron chi connectivity index (χ1n) is 14.4. The molecule has 6 heteroatoms. The van der Waals surface area contributed by atoms with Crippen molar-refractivity contribution in [2.45, 2.75) is 26.3 Å². The molecule has 0 saturated carbocycles. The van der Waals surface area contributed by atoms with Gasteiger partial charge in [-0.15, -0.1) is 0 Å². The van der Waals surface area contributed by atoms with Gasteiger partial charge in [0.05, 0.1) is 6.42 Å². The van der Waals surface area contributed by atoms with Crippen LogP contribution in [0.4, 0.5) is 0 Å². The van der Waals surface area contributed by atoms with Crippen LogP contribution < -0.4 is 5.32 Å². The number of benzene rings is 5. The fourth-order valence-electron chi connectivity index (χ4n) is 5.27. The third kappa shape index (κ3) is 7.16. The Morgan fingerprint density at radius 1 is 0.698 bits per heavy atom. The van der Waals surface area contributed by atoms with Crippen molar-refractivity contribution in [2.75, 3.05) is 13.1 Å². The van der Waals surface area contributed by atoms with Crippen molar-refractivity contribution >= 4 is 28.6 Å². The number of hydrogen-bond donors (Lipinski definition) is 2. The highest BCUT2D eigenvalue weighted by molar-refractivity contribution is 6.06. The molecule has 5 rings (SSSR count). The quantitative estimate of drug-likeness (QED) is 0.181. The summed E-state index contributed by atoms with van der Waals surface area (Å²) >= 11 is 0. The van der Waals surface area contributed by atoms with Gasteiger partial charge in [0.15, 0.2) is 0 Å². The molecule has 43 heavy (non-hydrogen) atoms. The molecule has 0 spiro atoms. The van der Waals surface area contributed by atoms with E-state index in [1.165, 1.54) is 0 Å². The van der Waals surface area contributed by atoms with Crippen LogP contribution in [0.1, 0.15) is 43.8 Å². The fourth-order valence-corrected chi connectivity index (χ4v) is 5.27. The van der Waals surface area contributed by atoms with Crippen LogP contribution in [0.3, 0.4) is 0 Å². The molecule has 2 N–H and O–H groups in total. The van der Waals surface area contributed by atoms with Crippen molar-refractivity contribution in [2.24, 2.45) is 0 Å². The lowest BCUT2D eigenvalue weighted by molar-refractivity contribution is -0.137. The maximum Gasteiger partial charge on any atom is 0.305 e. The molecule has 2 amide bonds. The number of rotatable bonds is 11. The second kappa shape index (κ2) is 13.6. The molecular weight excluding hydrogens is 536 g/mol. The van der Waals surface area contributed by atoms with Gasteiger partial charge in [-0.05, 0) is 58.5 Å². The van der Waals surface area contributed by atoms with Gasteiger partial charge in [-0.25, -0.2) is 0 Å². The smallest absolute Gasteiger partial charge is 0.305 e. The highest BCUT2D eigenvalue weighted by atomic mass is 16.4. The van der Waals surface area contributed by atoms with Gasteiger partial charge < -0.3 is 15.3 Å². The fraction of sp³-hybridized carbons (Fsp3) is 0.162. The van der Waals surface area contributed by atoms with E-state index in [1.807, 2.05) is 104 Å². The molecule has 0 radical (unpaired) electrons. The van der Waals surface area contributed by atoms with Crippen LogP contribution in [0.15, 0.2) is 115 Å². The number of nitrogens with one attached hydrogen (secondary N) is 1. The van der Waals surface area contributed by atoms with Crippen LogP contribution >= 0.6 is 0 Å². The van der Waals surface area contributed by atoms with Gasteiger partial charge in [-0.2, -0.15) is 0 Å². The summed E-state index contributed by atoms with van der Waals surface area (Å²) in [4.78, 5) is 40.6. The van der Waals surface area contributed by atoms with Gasteiger partial charge in [-0.1, -0.05) is 109 Å². The Balaban J connectivity index is 1.40. The molecule has 6 nitrogen and oxygen atoms in total. The maximum absolute atomic E-state index is 14.0. The van der Waals surface area contributed by atoms with E-state index in [1.54, 1.807) is 23.1 Å². The summed E-state index contributed by atoms with van der Waals surface area (Å²) in [6.45, 7) is 2.83. The summed E-state index contributed by atoms with van der Waals surface area (Å²) in [6, 6.07) is 36.6. The molecule has 0 aliphatic rings. The third-order valence-corrected chi connectivity index (χ3v) is 7.61. The number of carboxylic acid groups (broad SMARTS) is 1. The molecule has 0 aliphatic carbocycles. The van der Waals surface area contributed by atoms with E-state index in [2.05, 4.69) is 5.32 Å². The Labute approximate surface area is 251 Å². The predicted octanol–water partition coefficient (Wildman–Crippen LogP) is 6.90. The Morgan fingerprint density at radius 3 is 2.07 bits per heavy atom. The second-order valence-electron chi connectivity index (χ2n) is 10.6. The Kier molecular flexibility index (Phi) is 9.27. The van der Waals surface area contributed by atoms with Crippen molar-refractivity contribution in [1.29, 1.82) is 0 Å². The van der Waals surface area contributed by atoms with E-state index in [4.69, 9.17) is 0 Å². The first-order valence-corrected chi connectivity index (χ1v) is 14.4. The summed E-state index contributed by atoms with van der Waals surface area (Å²) < 4.78 is 0. The highest BCUT2D eigenvalue weighted by Gasteiger charge is 2.22. The number of carbonyl (C=O) groups is 3. The zero-order valence-corrected chi connectivity index (χ0v) is 24.1. The molecule has 0 heterocycles. The first kappa shape index (κ1) is 29.3. The van der Waals surface area contributed by atoms with Gasteiger partial charge in [0.2, 0.25) is 0 Å². The number of carboxylic acids is 1. The summed E-state index contributed by atoms with van der Waals surface area (Å²) in [5.74, 6) is -1.47. The van der Waals surface area contributed by atoms with Gasteiger partial charge in [0, 0.05) is 30.8 Å². The topological polar surface area (TPSA) is 86.7 Å². The molecule has 5 aromatic carbocycles. The first-order chi connectivity index (χ1) is 20.9. The van der Waals surface area contributed by atoms with Crippen molar-refractivity contribution < 1.29 is 19.5 Å². The van der Waals surface area contributed by atoms with Gasteiger partial charge in [-0.3, -0.25) is 14.4 Å². The largest absolute Gasteiger partial charge is 0.481 e. The number of hydrogen-bond acceptors (Lipinski definition) is 3. The van der Waals surface area contributed by atoms with E-state index in [-0.39, 0.29) is 24.8 Å².